The van der Waals surface area contributed by atoms with Gasteiger partial charge in [0.2, 0.25) is 5.89 Å². The van der Waals surface area contributed by atoms with Crippen molar-refractivity contribution in [3.05, 3.63) is 65.7 Å². The van der Waals surface area contributed by atoms with E-state index in [1.54, 1.807) is 12.5 Å². The minimum Gasteiger partial charge on any atom is -0.493 e. The van der Waals surface area contributed by atoms with Crippen molar-refractivity contribution >= 4 is 36.9 Å². The molecule has 0 aliphatic rings. The first-order valence-electron chi connectivity index (χ1n) is 12.7. The molecule has 0 saturated heterocycles. The van der Waals surface area contributed by atoms with Gasteiger partial charge in [0.15, 0.2) is 13.9 Å². The van der Waals surface area contributed by atoms with Crippen LogP contribution >= 0.6 is 11.6 Å². The number of carbonyl (C=O) groups excluding carboxylic acids is 1. The van der Waals surface area contributed by atoms with Gasteiger partial charge < -0.3 is 23.9 Å². The summed E-state index contributed by atoms with van der Waals surface area (Å²) in [6.07, 6.45) is 4.84. The second-order valence-electron chi connectivity index (χ2n) is 11.0. The predicted octanol–water partition coefficient (Wildman–Crippen LogP) is 6.69. The monoisotopic (exact) mass is 554 g/mol. The standard InChI is InChI=1S/C28H35ClN4O4Si/c1-28(2,3)38(4,5)37-22(16-33-17-24(26(30)34)31-18-33)7-6-14-35-21-12-13-23-25(15-21)36-27(32-23)19-8-10-20(29)11-9-19/h8-13,15,17-18,22H,6-7,14,16H2,1-5H3,(H2,30,34). The molecule has 2 heterocycles. The third kappa shape index (κ3) is 6.83. The highest BCUT2D eigenvalue weighted by molar-refractivity contribution is 6.74. The number of nitrogens with zero attached hydrogens (tertiary/aromatic N) is 3. The number of primary amides is 1. The van der Waals surface area contributed by atoms with Crippen LogP contribution in [0.5, 0.6) is 5.75 Å². The van der Waals surface area contributed by atoms with E-state index in [-0.39, 0.29) is 16.8 Å². The maximum atomic E-state index is 11.5. The number of carbonyl (C=O) groups is 1. The number of hydrogen-bond acceptors (Lipinski definition) is 6. The van der Waals surface area contributed by atoms with E-state index in [4.69, 9.17) is 30.9 Å². The third-order valence-corrected chi connectivity index (χ3v) is 11.7. The summed E-state index contributed by atoms with van der Waals surface area (Å²) in [6, 6.07) is 13.0. The van der Waals surface area contributed by atoms with Crippen LogP contribution in [0.1, 0.15) is 44.1 Å². The molecule has 0 aliphatic heterocycles. The van der Waals surface area contributed by atoms with Crippen molar-refractivity contribution in [2.45, 2.75) is 64.4 Å². The molecule has 1 atom stereocenters. The number of ether oxygens (including phenoxy) is 1. The maximum absolute atomic E-state index is 11.5. The molecule has 0 spiro atoms. The van der Waals surface area contributed by atoms with E-state index in [0.29, 0.717) is 29.6 Å². The van der Waals surface area contributed by atoms with Crippen LogP contribution in [0.25, 0.3) is 22.6 Å². The van der Waals surface area contributed by atoms with E-state index in [9.17, 15) is 4.79 Å². The zero-order valence-corrected chi connectivity index (χ0v) is 24.3. The van der Waals surface area contributed by atoms with Gasteiger partial charge in [-0.2, -0.15) is 0 Å². The van der Waals surface area contributed by atoms with E-state index >= 15 is 0 Å². The minimum absolute atomic E-state index is 0.0480. The summed E-state index contributed by atoms with van der Waals surface area (Å²) in [6.45, 7) is 12.3. The van der Waals surface area contributed by atoms with Crippen molar-refractivity contribution in [2.75, 3.05) is 6.61 Å². The zero-order chi connectivity index (χ0) is 27.5. The number of benzene rings is 2. The van der Waals surface area contributed by atoms with Crippen LogP contribution in [0, 0.1) is 0 Å². The van der Waals surface area contributed by atoms with Gasteiger partial charge in [0, 0.05) is 29.4 Å². The van der Waals surface area contributed by atoms with Crippen LogP contribution in [0.4, 0.5) is 0 Å². The molecule has 0 aliphatic carbocycles. The largest absolute Gasteiger partial charge is 0.493 e. The van der Waals surface area contributed by atoms with Crippen LogP contribution in [0.3, 0.4) is 0 Å². The van der Waals surface area contributed by atoms with E-state index in [0.717, 1.165) is 29.7 Å². The fraction of sp³-hybridized carbons (Fsp3) is 0.393. The third-order valence-electron chi connectivity index (χ3n) is 6.96. The Balaban J connectivity index is 1.38. The fourth-order valence-electron chi connectivity index (χ4n) is 3.81. The smallest absolute Gasteiger partial charge is 0.268 e. The molecular formula is C28H35ClN4O4Si. The molecule has 2 aromatic heterocycles. The SMILES string of the molecule is CC(C)(C)[Si](C)(C)OC(CCCOc1ccc2nc(-c3ccc(Cl)cc3)oc2c1)Cn1cnc(C(N)=O)c1. The number of oxazole rings is 1. The summed E-state index contributed by atoms with van der Waals surface area (Å²) in [5.74, 6) is 0.723. The molecule has 0 bridgehead atoms. The molecule has 2 aromatic carbocycles. The van der Waals surface area contributed by atoms with Crippen LogP contribution < -0.4 is 10.5 Å². The molecule has 4 aromatic rings. The molecule has 38 heavy (non-hydrogen) atoms. The Kier molecular flexibility index (Phi) is 8.30. The van der Waals surface area contributed by atoms with Crippen LogP contribution in [0.2, 0.25) is 23.2 Å². The van der Waals surface area contributed by atoms with Crippen molar-refractivity contribution in [1.29, 1.82) is 0 Å². The van der Waals surface area contributed by atoms with Gasteiger partial charge in [0.25, 0.3) is 5.91 Å². The lowest BCUT2D eigenvalue weighted by Crippen LogP contribution is -2.45. The topological polar surface area (TPSA) is 105 Å². The van der Waals surface area contributed by atoms with E-state index < -0.39 is 14.2 Å². The summed E-state index contributed by atoms with van der Waals surface area (Å²) < 4.78 is 20.6. The Labute approximate surface area is 229 Å². The summed E-state index contributed by atoms with van der Waals surface area (Å²) in [4.78, 5) is 20.1. The second-order valence-corrected chi connectivity index (χ2v) is 16.2. The van der Waals surface area contributed by atoms with E-state index in [1.165, 1.54) is 0 Å². The van der Waals surface area contributed by atoms with Crippen LogP contribution in [-0.4, -0.2) is 41.5 Å². The highest BCUT2D eigenvalue weighted by Gasteiger charge is 2.39. The Morgan fingerprint density at radius 3 is 2.58 bits per heavy atom. The van der Waals surface area contributed by atoms with Gasteiger partial charge in [0.1, 0.15) is 17.0 Å². The number of imidazole rings is 1. The van der Waals surface area contributed by atoms with Crippen molar-refractivity contribution in [3.8, 4) is 17.2 Å². The Hall–Kier alpha value is -3.14. The number of aromatic nitrogens is 3. The van der Waals surface area contributed by atoms with Gasteiger partial charge in [-0.05, 0) is 67.4 Å². The maximum Gasteiger partial charge on any atom is 0.268 e. The number of nitrogens with two attached hydrogens (primary N) is 1. The van der Waals surface area contributed by atoms with Gasteiger partial charge >= 0.3 is 0 Å². The molecule has 1 unspecified atom stereocenters. The van der Waals surface area contributed by atoms with Gasteiger partial charge in [-0.1, -0.05) is 32.4 Å². The first-order valence-corrected chi connectivity index (χ1v) is 16.0. The molecule has 202 valence electrons. The number of hydrogen-bond donors (Lipinski definition) is 1. The summed E-state index contributed by atoms with van der Waals surface area (Å²) in [5, 5.41) is 0.741. The van der Waals surface area contributed by atoms with Crippen molar-refractivity contribution in [3.63, 3.8) is 0 Å². The molecule has 1 amide bonds. The fourth-order valence-corrected chi connectivity index (χ4v) is 5.32. The molecule has 10 heteroatoms. The van der Waals surface area contributed by atoms with Gasteiger partial charge in [-0.3, -0.25) is 4.79 Å². The van der Waals surface area contributed by atoms with Crippen molar-refractivity contribution in [2.24, 2.45) is 5.73 Å². The Morgan fingerprint density at radius 2 is 1.92 bits per heavy atom. The first-order chi connectivity index (χ1) is 17.9. The predicted molar refractivity (Wildman–Crippen MR) is 152 cm³/mol. The average molecular weight is 555 g/mol. The highest BCUT2D eigenvalue weighted by atomic mass is 35.5. The number of halogens is 1. The molecule has 0 radical (unpaired) electrons. The summed E-state index contributed by atoms with van der Waals surface area (Å²) in [5.41, 5.74) is 7.91. The summed E-state index contributed by atoms with van der Waals surface area (Å²) in [7, 11) is -2.01. The lowest BCUT2D eigenvalue weighted by molar-refractivity contribution is 0.0995. The van der Waals surface area contributed by atoms with Gasteiger partial charge in [-0.15, -0.1) is 0 Å². The quantitative estimate of drug-likeness (QED) is 0.163. The van der Waals surface area contributed by atoms with Gasteiger partial charge in [0.05, 0.1) is 19.0 Å². The lowest BCUT2D eigenvalue weighted by atomic mass is 10.2. The molecule has 0 saturated carbocycles. The number of fused-ring (bicyclic) bond motifs is 1. The molecule has 2 N–H and O–H groups in total. The summed E-state index contributed by atoms with van der Waals surface area (Å²) >= 11 is 5.99. The van der Waals surface area contributed by atoms with Crippen molar-refractivity contribution < 1.29 is 18.4 Å². The van der Waals surface area contributed by atoms with Crippen molar-refractivity contribution in [1.82, 2.24) is 14.5 Å². The molecule has 4 rings (SSSR count). The van der Waals surface area contributed by atoms with E-state index in [2.05, 4.69) is 43.8 Å². The molecule has 8 nitrogen and oxygen atoms in total. The molecule has 0 fully saturated rings. The average Bonchev–Trinajstić information content (AvgIpc) is 3.48. The highest BCUT2D eigenvalue weighted by Crippen LogP contribution is 2.38. The zero-order valence-electron chi connectivity index (χ0n) is 22.5. The Morgan fingerprint density at radius 1 is 1.18 bits per heavy atom. The number of rotatable bonds is 11. The van der Waals surface area contributed by atoms with Crippen LogP contribution in [0.15, 0.2) is 59.4 Å². The Bertz CT molecular complexity index is 1390. The minimum atomic E-state index is -2.01. The number of amides is 1. The normalized spacial score (nSPS) is 13.1. The second kappa shape index (κ2) is 11.3. The van der Waals surface area contributed by atoms with E-state index in [1.807, 2.05) is 47.0 Å². The first kappa shape index (κ1) is 27.9. The van der Waals surface area contributed by atoms with Gasteiger partial charge in [-0.25, -0.2) is 9.97 Å². The van der Waals surface area contributed by atoms with Crippen LogP contribution in [-0.2, 0) is 11.0 Å². The lowest BCUT2D eigenvalue weighted by Gasteiger charge is -2.39. The molecular weight excluding hydrogens is 520 g/mol.